The summed E-state index contributed by atoms with van der Waals surface area (Å²) in [5.41, 5.74) is 0. The molecule has 0 bridgehead atoms. The molecular weight excluding hydrogens is 132 g/mol. The lowest BCUT2D eigenvalue weighted by Gasteiger charge is -2.18. The van der Waals surface area contributed by atoms with E-state index < -0.39 is 0 Å². The fourth-order valence-electron chi connectivity index (χ4n) is 0.526. The molecule has 1 unspecified atom stereocenters. The van der Waals surface area contributed by atoms with Gasteiger partial charge < -0.3 is 5.21 Å². The summed E-state index contributed by atoms with van der Waals surface area (Å²) >= 11 is 0. The highest BCUT2D eigenvalue weighted by atomic mass is 16.9. The first-order valence-electron chi connectivity index (χ1n) is 3.61. The predicted molar refractivity (Wildman–Crippen MR) is 39.1 cm³/mol. The highest BCUT2D eigenvalue weighted by Gasteiger charge is 1.93. The second kappa shape index (κ2) is 6.95. The zero-order valence-corrected chi connectivity index (χ0v) is 6.64. The van der Waals surface area contributed by atoms with E-state index in [0.717, 1.165) is 12.8 Å². The smallest absolute Gasteiger partial charge is 0.160 e. The fraction of sp³-hybridized carbons (Fsp3) is 1.00. The van der Waals surface area contributed by atoms with Crippen molar-refractivity contribution in [3.05, 3.63) is 5.21 Å². The van der Waals surface area contributed by atoms with Gasteiger partial charge in [0.15, 0.2) is 6.67 Å². The van der Waals surface area contributed by atoms with Gasteiger partial charge in [0.05, 0.1) is 0 Å². The molecule has 0 aliphatic carbocycles. The predicted octanol–water partition coefficient (Wildman–Crippen LogP) is -0.722. The van der Waals surface area contributed by atoms with Crippen LogP contribution in [0.3, 0.4) is 0 Å². The molecule has 0 radical (unpaired) electrons. The number of hydroxylamine groups is 2. The minimum atomic E-state index is -0.170. The maximum atomic E-state index is 10.6. The number of hydrogen-bond acceptors (Lipinski definition) is 3. The van der Waals surface area contributed by atoms with Crippen molar-refractivity contribution in [3.8, 4) is 0 Å². The molecule has 0 spiro atoms. The monoisotopic (exact) mass is 148 g/mol. The Morgan fingerprint density at radius 3 is 2.80 bits per heavy atom. The number of unbranched alkanes of at least 4 members (excludes halogenated alkanes) is 1. The van der Waals surface area contributed by atoms with Crippen molar-refractivity contribution in [1.29, 1.82) is 0 Å². The second-order valence-electron chi connectivity index (χ2n) is 2.10. The van der Waals surface area contributed by atoms with E-state index in [1.54, 1.807) is 7.05 Å². The minimum absolute atomic E-state index is 0.170. The molecule has 4 heteroatoms. The van der Waals surface area contributed by atoms with Crippen LogP contribution in [0.4, 0.5) is 0 Å². The third-order valence-corrected chi connectivity index (χ3v) is 1.08. The van der Waals surface area contributed by atoms with E-state index in [1.165, 1.54) is 0 Å². The number of hydrogen-bond donors (Lipinski definition) is 2. The number of nitrogens with one attached hydrogen (secondary N) is 2. The minimum Gasteiger partial charge on any atom is -0.599 e. The van der Waals surface area contributed by atoms with Gasteiger partial charge in [0.2, 0.25) is 0 Å². The molecule has 10 heavy (non-hydrogen) atoms. The fourth-order valence-corrected chi connectivity index (χ4v) is 0.526. The van der Waals surface area contributed by atoms with E-state index in [-0.39, 0.29) is 5.23 Å². The lowest BCUT2D eigenvalue weighted by molar-refractivity contribution is -1.05. The highest BCUT2D eigenvalue weighted by molar-refractivity contribution is 4.25. The molecule has 4 nitrogen and oxygen atoms in total. The van der Waals surface area contributed by atoms with Crippen molar-refractivity contribution in [1.82, 2.24) is 5.32 Å². The molecule has 0 aromatic heterocycles. The molecule has 0 amide bonds. The van der Waals surface area contributed by atoms with Gasteiger partial charge >= 0.3 is 0 Å². The van der Waals surface area contributed by atoms with Crippen molar-refractivity contribution in [2.75, 3.05) is 20.3 Å². The highest BCUT2D eigenvalue weighted by Crippen LogP contribution is 1.82. The average molecular weight is 148 g/mol. The molecule has 0 heterocycles. The molecule has 0 fully saturated rings. The maximum Gasteiger partial charge on any atom is 0.160 e. The quantitative estimate of drug-likeness (QED) is 0.297. The molecule has 0 aromatic carbocycles. The van der Waals surface area contributed by atoms with E-state index in [4.69, 9.17) is 4.84 Å². The summed E-state index contributed by atoms with van der Waals surface area (Å²) < 4.78 is 0. The summed E-state index contributed by atoms with van der Waals surface area (Å²) in [6.45, 7) is 2.92. The van der Waals surface area contributed by atoms with Gasteiger partial charge in [-0.25, -0.2) is 10.1 Å². The molecule has 0 saturated carbocycles. The zero-order chi connectivity index (χ0) is 7.82. The maximum absolute atomic E-state index is 10.6. The normalized spacial score (nSPS) is 13.5. The van der Waals surface area contributed by atoms with Crippen molar-refractivity contribution in [3.63, 3.8) is 0 Å². The average Bonchev–Trinajstić information content (AvgIpc) is 1.89. The second-order valence-corrected chi connectivity index (χ2v) is 2.10. The van der Waals surface area contributed by atoms with Gasteiger partial charge in [-0.15, -0.1) is 0 Å². The molecular formula is C6H16N2O2. The first-order chi connectivity index (χ1) is 4.81. The van der Waals surface area contributed by atoms with Crippen LogP contribution in [0.2, 0.25) is 0 Å². The van der Waals surface area contributed by atoms with Gasteiger partial charge in [0.25, 0.3) is 0 Å². The van der Waals surface area contributed by atoms with E-state index in [0.29, 0.717) is 13.3 Å². The first kappa shape index (κ1) is 9.84. The molecule has 0 aromatic rings. The van der Waals surface area contributed by atoms with Gasteiger partial charge in [-0.05, 0) is 13.5 Å². The van der Waals surface area contributed by atoms with Crippen molar-refractivity contribution >= 4 is 0 Å². The van der Waals surface area contributed by atoms with E-state index in [1.807, 2.05) is 0 Å². The van der Waals surface area contributed by atoms with Gasteiger partial charge in [-0.3, -0.25) is 5.32 Å². The third-order valence-electron chi connectivity index (χ3n) is 1.08. The van der Waals surface area contributed by atoms with Crippen LogP contribution in [0.1, 0.15) is 19.8 Å². The molecule has 1 atom stereocenters. The van der Waals surface area contributed by atoms with Crippen LogP contribution in [0.15, 0.2) is 0 Å². The Labute approximate surface area is 61.7 Å². The summed E-state index contributed by atoms with van der Waals surface area (Å²) in [5.74, 6) is 0. The van der Waals surface area contributed by atoms with Crippen molar-refractivity contribution in [2.45, 2.75) is 19.8 Å². The number of rotatable bonds is 6. The molecule has 0 aliphatic heterocycles. The van der Waals surface area contributed by atoms with Crippen LogP contribution in [0.5, 0.6) is 0 Å². The van der Waals surface area contributed by atoms with Crippen molar-refractivity contribution in [2.24, 2.45) is 0 Å². The molecule has 2 N–H and O–H groups in total. The summed E-state index contributed by atoms with van der Waals surface area (Å²) in [6.07, 6.45) is 2.02. The van der Waals surface area contributed by atoms with Gasteiger partial charge in [-0.1, -0.05) is 13.3 Å². The van der Waals surface area contributed by atoms with Crippen LogP contribution in [-0.4, -0.2) is 20.3 Å². The van der Waals surface area contributed by atoms with Crippen LogP contribution in [0, 0.1) is 5.21 Å². The topological polar surface area (TPSA) is 48.8 Å². The number of quaternary nitrogens is 1. The Balaban J connectivity index is 2.97. The lowest BCUT2D eigenvalue weighted by atomic mass is 10.4. The summed E-state index contributed by atoms with van der Waals surface area (Å²) in [7, 11) is 1.72. The first-order valence-corrected chi connectivity index (χ1v) is 3.61. The zero-order valence-electron chi connectivity index (χ0n) is 6.64. The van der Waals surface area contributed by atoms with E-state index in [9.17, 15) is 5.21 Å². The summed E-state index contributed by atoms with van der Waals surface area (Å²) in [5, 5.41) is 13.2. The molecule has 0 rings (SSSR count). The van der Waals surface area contributed by atoms with Crippen LogP contribution in [0.25, 0.3) is 0 Å². The standard InChI is InChI=1S/C6H16N2O2/c1-3-4-5-10-8(9)6-7-2/h7-8H,3-6H2,1-2H3. The van der Waals surface area contributed by atoms with E-state index in [2.05, 4.69) is 12.2 Å². The van der Waals surface area contributed by atoms with Crippen LogP contribution >= 0.6 is 0 Å². The summed E-state index contributed by atoms with van der Waals surface area (Å²) in [4.78, 5) is 4.82. The largest absolute Gasteiger partial charge is 0.599 e. The Bertz CT molecular complexity index is 70.8. The Hall–Kier alpha value is -0.160. The molecule has 0 aliphatic rings. The Morgan fingerprint density at radius 1 is 1.60 bits per heavy atom. The Kier molecular flexibility index (Phi) is 6.84. The SMILES string of the molecule is CCCCO[NH+]([O-])CNC. The summed E-state index contributed by atoms with van der Waals surface area (Å²) in [6, 6.07) is 0. The van der Waals surface area contributed by atoms with E-state index >= 15 is 0 Å². The van der Waals surface area contributed by atoms with Gasteiger partial charge in [0.1, 0.15) is 6.61 Å². The molecule has 62 valence electrons. The third kappa shape index (κ3) is 5.97. The Morgan fingerprint density at radius 2 is 2.30 bits per heavy atom. The van der Waals surface area contributed by atoms with Gasteiger partial charge in [0, 0.05) is 0 Å². The van der Waals surface area contributed by atoms with Crippen LogP contribution in [-0.2, 0) is 4.84 Å². The lowest BCUT2D eigenvalue weighted by Crippen LogP contribution is -3.07. The van der Waals surface area contributed by atoms with Crippen molar-refractivity contribution < 1.29 is 10.1 Å². The van der Waals surface area contributed by atoms with Gasteiger partial charge in [-0.2, -0.15) is 0 Å². The molecule has 0 saturated heterocycles. The van der Waals surface area contributed by atoms with Crippen LogP contribution < -0.4 is 10.5 Å².